The van der Waals surface area contributed by atoms with Gasteiger partial charge in [0.2, 0.25) is 0 Å². The summed E-state index contributed by atoms with van der Waals surface area (Å²) in [5.74, 6) is 0. The molecule has 0 aliphatic heterocycles. The lowest BCUT2D eigenvalue weighted by Gasteiger charge is -2.16. The summed E-state index contributed by atoms with van der Waals surface area (Å²) in [7, 11) is 0. The lowest BCUT2D eigenvalue weighted by molar-refractivity contribution is -0.124. The van der Waals surface area contributed by atoms with E-state index in [1.54, 1.807) is 0 Å². The first-order chi connectivity index (χ1) is 4.63. The molecule has 3 atom stereocenters. The molecule has 0 aliphatic rings. The van der Waals surface area contributed by atoms with Gasteiger partial charge in [-0.1, -0.05) is 15.9 Å². The molecule has 0 saturated heterocycles. The Morgan fingerprint density at radius 3 is 2.20 bits per heavy atom. The second kappa shape index (κ2) is 4.79. The Morgan fingerprint density at radius 1 is 1.40 bits per heavy atom. The van der Waals surface area contributed by atoms with Gasteiger partial charge in [-0.15, -0.1) is 0 Å². The van der Waals surface area contributed by atoms with Gasteiger partial charge in [-0.25, -0.2) is 0 Å². The fourth-order valence-corrected chi connectivity index (χ4v) is 0.782. The predicted molar refractivity (Wildman–Crippen MR) is 37.9 cm³/mol. The van der Waals surface area contributed by atoms with Crippen LogP contribution in [-0.2, 0) is 4.79 Å². The van der Waals surface area contributed by atoms with E-state index in [4.69, 9.17) is 15.3 Å². The lowest BCUT2D eigenvalue weighted by Crippen LogP contribution is -2.39. The van der Waals surface area contributed by atoms with Crippen molar-refractivity contribution in [2.75, 3.05) is 5.33 Å². The average molecular weight is 213 g/mol. The van der Waals surface area contributed by atoms with Crippen molar-refractivity contribution < 1.29 is 20.1 Å². The first-order valence-electron chi connectivity index (χ1n) is 2.69. The second-order valence-electron chi connectivity index (χ2n) is 1.84. The van der Waals surface area contributed by atoms with E-state index in [-0.39, 0.29) is 11.6 Å². The number of aldehydes is 1. The minimum Gasteiger partial charge on any atom is -0.389 e. The van der Waals surface area contributed by atoms with E-state index < -0.39 is 18.3 Å². The van der Waals surface area contributed by atoms with E-state index in [9.17, 15) is 4.79 Å². The molecule has 0 saturated carbocycles. The predicted octanol–water partition coefficient (Wildman–Crippen LogP) is -1.34. The zero-order valence-corrected chi connectivity index (χ0v) is 6.73. The number of aliphatic hydroxyl groups excluding tert-OH is 3. The zero-order valence-electron chi connectivity index (χ0n) is 5.14. The minimum atomic E-state index is -1.51. The number of rotatable bonds is 4. The van der Waals surface area contributed by atoms with Crippen LogP contribution < -0.4 is 0 Å². The van der Waals surface area contributed by atoms with E-state index in [2.05, 4.69) is 15.9 Å². The summed E-state index contributed by atoms with van der Waals surface area (Å²) < 4.78 is 0. The van der Waals surface area contributed by atoms with Crippen molar-refractivity contribution in [3.63, 3.8) is 0 Å². The van der Waals surface area contributed by atoms with Crippen molar-refractivity contribution in [3.05, 3.63) is 0 Å². The van der Waals surface area contributed by atoms with Gasteiger partial charge in [-0.05, 0) is 0 Å². The van der Waals surface area contributed by atoms with Crippen LogP contribution >= 0.6 is 15.9 Å². The molecular weight excluding hydrogens is 204 g/mol. The maximum atomic E-state index is 9.83. The fourth-order valence-electron chi connectivity index (χ4n) is 0.399. The summed E-state index contributed by atoms with van der Waals surface area (Å²) in [6.45, 7) is 0. The van der Waals surface area contributed by atoms with Crippen LogP contribution in [0.1, 0.15) is 0 Å². The average Bonchev–Trinajstić information content (AvgIpc) is 2.00. The van der Waals surface area contributed by atoms with Crippen LogP contribution in [0.3, 0.4) is 0 Å². The topological polar surface area (TPSA) is 77.8 Å². The van der Waals surface area contributed by atoms with Crippen LogP contribution in [0, 0.1) is 0 Å². The third-order valence-corrected chi connectivity index (χ3v) is 1.71. The van der Waals surface area contributed by atoms with Crippen LogP contribution in [0.15, 0.2) is 0 Å². The number of carbonyl (C=O) groups is 1. The van der Waals surface area contributed by atoms with E-state index in [0.717, 1.165) is 0 Å². The number of carbonyl (C=O) groups excluding carboxylic acids is 1. The Kier molecular flexibility index (Phi) is 4.80. The summed E-state index contributed by atoms with van der Waals surface area (Å²) in [5.41, 5.74) is 0. The normalized spacial score (nSPS) is 19.6. The monoisotopic (exact) mass is 212 g/mol. The van der Waals surface area contributed by atoms with Crippen molar-refractivity contribution >= 4 is 22.2 Å². The third kappa shape index (κ3) is 2.74. The highest BCUT2D eigenvalue weighted by Gasteiger charge is 2.22. The van der Waals surface area contributed by atoms with Crippen LogP contribution in [0.5, 0.6) is 0 Å². The number of hydrogen-bond acceptors (Lipinski definition) is 4. The van der Waals surface area contributed by atoms with Crippen LogP contribution in [0.25, 0.3) is 0 Å². The Bertz CT molecular complexity index is 108. The Hall–Kier alpha value is 0.0300. The van der Waals surface area contributed by atoms with E-state index in [1.165, 1.54) is 0 Å². The Balaban J connectivity index is 3.80. The molecule has 0 aromatic heterocycles. The fraction of sp³-hybridized carbons (Fsp3) is 0.800. The maximum absolute atomic E-state index is 9.83. The van der Waals surface area contributed by atoms with Crippen molar-refractivity contribution in [2.45, 2.75) is 18.3 Å². The molecule has 0 amide bonds. The van der Waals surface area contributed by atoms with Gasteiger partial charge >= 0.3 is 0 Å². The molecule has 0 aromatic rings. The van der Waals surface area contributed by atoms with Gasteiger partial charge in [0.15, 0.2) is 6.29 Å². The standard InChI is InChI=1S/C5H9BrO4/c6-1-3(8)5(10)4(9)2-7/h2-5,8-10H,1H2/t3-,4+,5+/m1/s1. The lowest BCUT2D eigenvalue weighted by atomic mass is 10.1. The third-order valence-electron chi connectivity index (χ3n) is 1.04. The number of alkyl halides is 1. The van der Waals surface area contributed by atoms with E-state index >= 15 is 0 Å². The molecule has 60 valence electrons. The number of hydrogen-bond donors (Lipinski definition) is 3. The van der Waals surface area contributed by atoms with Crippen molar-refractivity contribution in [1.29, 1.82) is 0 Å². The molecule has 0 heterocycles. The smallest absolute Gasteiger partial charge is 0.151 e. The molecule has 0 aliphatic carbocycles. The zero-order chi connectivity index (χ0) is 8.15. The molecule has 5 heteroatoms. The van der Waals surface area contributed by atoms with E-state index in [0.29, 0.717) is 0 Å². The molecule has 0 rings (SSSR count). The summed E-state index contributed by atoms with van der Waals surface area (Å²) >= 11 is 2.88. The molecule has 0 radical (unpaired) electrons. The highest BCUT2D eigenvalue weighted by Crippen LogP contribution is 2.00. The maximum Gasteiger partial charge on any atom is 0.151 e. The van der Waals surface area contributed by atoms with Gasteiger partial charge in [0.25, 0.3) is 0 Å². The van der Waals surface area contributed by atoms with Crippen molar-refractivity contribution in [1.82, 2.24) is 0 Å². The highest BCUT2D eigenvalue weighted by atomic mass is 79.9. The SMILES string of the molecule is O=C[C@H](O)[C@@H](O)[C@H](O)CBr. The number of halogens is 1. The molecule has 4 nitrogen and oxygen atoms in total. The van der Waals surface area contributed by atoms with Crippen molar-refractivity contribution in [2.24, 2.45) is 0 Å². The van der Waals surface area contributed by atoms with Gasteiger partial charge in [0.1, 0.15) is 12.2 Å². The molecule has 0 aromatic carbocycles. The molecule has 0 unspecified atom stereocenters. The highest BCUT2D eigenvalue weighted by molar-refractivity contribution is 9.09. The van der Waals surface area contributed by atoms with Crippen LogP contribution in [-0.4, -0.2) is 45.2 Å². The molecular formula is C5H9BrO4. The van der Waals surface area contributed by atoms with E-state index in [1.807, 2.05) is 0 Å². The number of aliphatic hydroxyl groups is 3. The summed E-state index contributed by atoms with van der Waals surface area (Å²) in [5, 5.41) is 26.4. The molecule has 3 N–H and O–H groups in total. The summed E-state index contributed by atoms with van der Waals surface area (Å²) in [4.78, 5) is 9.83. The Labute approximate surface area is 66.6 Å². The summed E-state index contributed by atoms with van der Waals surface area (Å²) in [6, 6.07) is 0. The first kappa shape index (κ1) is 10.0. The summed E-state index contributed by atoms with van der Waals surface area (Å²) in [6.07, 6.45) is -3.85. The second-order valence-corrected chi connectivity index (χ2v) is 2.49. The molecule has 10 heavy (non-hydrogen) atoms. The quantitative estimate of drug-likeness (QED) is 0.399. The van der Waals surface area contributed by atoms with Gasteiger partial charge in [-0.2, -0.15) is 0 Å². The van der Waals surface area contributed by atoms with Crippen LogP contribution in [0.4, 0.5) is 0 Å². The molecule has 0 spiro atoms. The van der Waals surface area contributed by atoms with Gasteiger partial charge in [-0.3, -0.25) is 0 Å². The van der Waals surface area contributed by atoms with Crippen molar-refractivity contribution in [3.8, 4) is 0 Å². The van der Waals surface area contributed by atoms with Gasteiger partial charge < -0.3 is 20.1 Å². The van der Waals surface area contributed by atoms with Gasteiger partial charge in [0.05, 0.1) is 6.10 Å². The molecule has 0 bridgehead atoms. The van der Waals surface area contributed by atoms with Gasteiger partial charge in [0, 0.05) is 5.33 Å². The van der Waals surface area contributed by atoms with Crippen LogP contribution in [0.2, 0.25) is 0 Å². The molecule has 0 fully saturated rings. The Morgan fingerprint density at radius 2 is 1.90 bits per heavy atom. The first-order valence-corrected chi connectivity index (χ1v) is 3.81. The largest absolute Gasteiger partial charge is 0.389 e. The minimum absolute atomic E-state index is 0.124.